The summed E-state index contributed by atoms with van der Waals surface area (Å²) in [5, 5.41) is 13.6. The molecule has 134 valence electrons. The summed E-state index contributed by atoms with van der Waals surface area (Å²) < 4.78 is 7.01. The molecule has 27 heavy (non-hydrogen) atoms. The van der Waals surface area contributed by atoms with Crippen LogP contribution in [0.25, 0.3) is 16.5 Å². The van der Waals surface area contributed by atoms with Crippen molar-refractivity contribution in [3.63, 3.8) is 0 Å². The summed E-state index contributed by atoms with van der Waals surface area (Å²) in [5.74, 6) is 0.700. The maximum atomic E-state index is 12.4. The fraction of sp³-hybridized carbons (Fsp3) is 0.167. The van der Waals surface area contributed by atoms with Crippen LogP contribution >= 0.6 is 11.3 Å². The van der Waals surface area contributed by atoms with Crippen molar-refractivity contribution >= 4 is 28.1 Å². The first kappa shape index (κ1) is 15.9. The molecular weight excluding hydrogens is 366 g/mol. The number of rotatable bonds is 5. The Kier molecular flexibility index (Phi) is 3.61. The number of nitrogens with zero attached hydrogens (tertiary/aromatic N) is 5. The zero-order chi connectivity index (χ0) is 18.4. The number of carbonyl (C=O) groups excluding carboxylic acids is 2. The third kappa shape index (κ3) is 2.55. The third-order valence-electron chi connectivity index (χ3n) is 4.42. The normalized spacial score (nSPS) is 13.7. The lowest BCUT2D eigenvalue weighted by molar-refractivity contribution is 0.0652. The summed E-state index contributed by atoms with van der Waals surface area (Å²) in [7, 11) is 0. The highest BCUT2D eigenvalue weighted by Gasteiger charge is 2.34. The molecule has 0 spiro atoms. The van der Waals surface area contributed by atoms with Crippen LogP contribution in [0, 0.1) is 0 Å². The zero-order valence-electron chi connectivity index (χ0n) is 14.0. The summed E-state index contributed by atoms with van der Waals surface area (Å²) in [5.41, 5.74) is 0.953. The Morgan fingerprint density at radius 3 is 2.48 bits per heavy atom. The van der Waals surface area contributed by atoms with Gasteiger partial charge in [-0.1, -0.05) is 23.5 Å². The minimum Gasteiger partial charge on any atom is -0.461 e. The molecular formula is C18H13N5O3S. The molecule has 0 radical (unpaired) electrons. The molecule has 4 heterocycles. The fourth-order valence-electron chi connectivity index (χ4n) is 3.15. The molecule has 1 aromatic carbocycles. The van der Waals surface area contributed by atoms with Gasteiger partial charge < -0.3 is 4.42 Å². The van der Waals surface area contributed by atoms with E-state index in [1.165, 1.54) is 16.2 Å². The van der Waals surface area contributed by atoms with Gasteiger partial charge in [0, 0.05) is 13.0 Å². The minimum atomic E-state index is -0.228. The van der Waals surface area contributed by atoms with Gasteiger partial charge in [-0.15, -0.1) is 10.2 Å². The lowest BCUT2D eigenvalue weighted by Gasteiger charge is -2.12. The van der Waals surface area contributed by atoms with Crippen LogP contribution in [0.15, 0.2) is 47.1 Å². The number of imide groups is 1. The Labute approximate surface area is 157 Å². The lowest BCUT2D eigenvalue weighted by Crippen LogP contribution is -2.30. The predicted octanol–water partition coefficient (Wildman–Crippen LogP) is 2.67. The Morgan fingerprint density at radius 1 is 1.00 bits per heavy atom. The lowest BCUT2D eigenvalue weighted by atomic mass is 10.1. The molecule has 8 nitrogen and oxygen atoms in total. The van der Waals surface area contributed by atoms with E-state index in [2.05, 4.69) is 15.3 Å². The highest BCUT2D eigenvalue weighted by atomic mass is 32.1. The average molecular weight is 379 g/mol. The van der Waals surface area contributed by atoms with Crippen LogP contribution in [-0.2, 0) is 6.42 Å². The number of benzene rings is 1. The molecule has 3 aromatic heterocycles. The Balaban J connectivity index is 1.29. The van der Waals surface area contributed by atoms with Crippen LogP contribution in [0.1, 0.15) is 32.1 Å². The predicted molar refractivity (Wildman–Crippen MR) is 96.5 cm³/mol. The molecule has 0 fully saturated rings. The molecule has 0 saturated heterocycles. The summed E-state index contributed by atoms with van der Waals surface area (Å²) in [6, 6.07) is 10.5. The first-order chi connectivity index (χ1) is 13.2. The summed E-state index contributed by atoms with van der Waals surface area (Å²) >= 11 is 1.44. The molecule has 9 heteroatoms. The van der Waals surface area contributed by atoms with Crippen LogP contribution in [0.2, 0.25) is 0 Å². The number of amides is 2. The first-order valence-corrected chi connectivity index (χ1v) is 9.24. The molecule has 0 N–H and O–H groups in total. The number of furan rings is 1. The topological polar surface area (TPSA) is 93.6 Å². The van der Waals surface area contributed by atoms with Crippen LogP contribution in [-0.4, -0.2) is 43.1 Å². The molecule has 0 saturated carbocycles. The number of carbonyl (C=O) groups is 2. The van der Waals surface area contributed by atoms with Gasteiger partial charge in [0.25, 0.3) is 11.8 Å². The number of aryl methyl sites for hydroxylation is 1. The molecule has 1 aliphatic heterocycles. The molecule has 2 amide bonds. The fourth-order valence-corrected chi connectivity index (χ4v) is 4.02. The maximum absolute atomic E-state index is 12.4. The number of hydrogen-bond donors (Lipinski definition) is 0. The van der Waals surface area contributed by atoms with Crippen molar-refractivity contribution in [2.45, 2.75) is 12.8 Å². The highest BCUT2D eigenvalue weighted by molar-refractivity contribution is 7.16. The first-order valence-electron chi connectivity index (χ1n) is 8.42. The quantitative estimate of drug-likeness (QED) is 0.495. The van der Waals surface area contributed by atoms with Crippen molar-refractivity contribution < 1.29 is 14.0 Å². The number of aromatic nitrogens is 4. The standard InChI is InChI=1S/C18H13N5O3S/c24-16-11-5-1-2-6-12(11)17(25)22(16)9-3-8-14-21-23-15(13-7-4-10-26-13)19-20-18(23)27-14/h1-2,4-7,10H,3,8-9H2. The number of fused-ring (bicyclic) bond motifs is 2. The van der Waals surface area contributed by atoms with Crippen molar-refractivity contribution in [1.82, 2.24) is 24.7 Å². The highest BCUT2D eigenvalue weighted by Crippen LogP contribution is 2.24. The molecule has 0 atom stereocenters. The average Bonchev–Trinajstić information content (AvgIpc) is 3.43. The van der Waals surface area contributed by atoms with Crippen molar-refractivity contribution in [3.05, 3.63) is 58.8 Å². The summed E-state index contributed by atoms with van der Waals surface area (Å²) in [4.78, 5) is 26.8. The van der Waals surface area contributed by atoms with Crippen LogP contribution < -0.4 is 0 Å². The molecule has 0 aliphatic carbocycles. The van der Waals surface area contributed by atoms with E-state index < -0.39 is 0 Å². The molecule has 0 unspecified atom stereocenters. The maximum Gasteiger partial charge on any atom is 0.261 e. The van der Waals surface area contributed by atoms with Crippen molar-refractivity contribution in [2.24, 2.45) is 0 Å². The zero-order valence-corrected chi connectivity index (χ0v) is 14.8. The third-order valence-corrected chi connectivity index (χ3v) is 5.38. The van der Waals surface area contributed by atoms with Crippen LogP contribution in [0.4, 0.5) is 0 Å². The van der Waals surface area contributed by atoms with E-state index in [4.69, 9.17) is 4.42 Å². The van der Waals surface area contributed by atoms with E-state index in [0.29, 0.717) is 47.1 Å². The Hall–Kier alpha value is -3.33. The second-order valence-electron chi connectivity index (χ2n) is 6.10. The second kappa shape index (κ2) is 6.13. The molecule has 1 aliphatic rings. The van der Waals surface area contributed by atoms with E-state index in [-0.39, 0.29) is 11.8 Å². The molecule has 0 bridgehead atoms. The van der Waals surface area contributed by atoms with Crippen LogP contribution in [0.3, 0.4) is 0 Å². The molecule has 4 aromatic rings. The van der Waals surface area contributed by atoms with Crippen molar-refractivity contribution in [3.8, 4) is 11.6 Å². The largest absolute Gasteiger partial charge is 0.461 e. The van der Waals surface area contributed by atoms with Crippen molar-refractivity contribution in [1.29, 1.82) is 0 Å². The van der Waals surface area contributed by atoms with E-state index in [9.17, 15) is 9.59 Å². The van der Waals surface area contributed by atoms with Gasteiger partial charge in [0.2, 0.25) is 10.8 Å². The Morgan fingerprint density at radius 2 is 1.78 bits per heavy atom. The Bertz CT molecular complexity index is 1130. The minimum absolute atomic E-state index is 0.228. The van der Waals surface area contributed by atoms with E-state index >= 15 is 0 Å². The van der Waals surface area contributed by atoms with Gasteiger partial charge in [-0.25, -0.2) is 0 Å². The van der Waals surface area contributed by atoms with Gasteiger partial charge in [-0.2, -0.15) is 9.61 Å². The van der Waals surface area contributed by atoms with Gasteiger partial charge in [0.1, 0.15) is 5.01 Å². The van der Waals surface area contributed by atoms with Crippen molar-refractivity contribution in [2.75, 3.05) is 6.54 Å². The number of hydrogen-bond acceptors (Lipinski definition) is 7. The van der Waals surface area contributed by atoms with E-state index in [1.807, 2.05) is 0 Å². The summed E-state index contributed by atoms with van der Waals surface area (Å²) in [6.07, 6.45) is 2.84. The van der Waals surface area contributed by atoms with Gasteiger partial charge in [0.05, 0.1) is 17.4 Å². The van der Waals surface area contributed by atoms with Gasteiger partial charge in [0.15, 0.2) is 5.76 Å². The SMILES string of the molecule is O=C1c2ccccc2C(=O)N1CCCc1nn2c(-c3ccco3)nnc2s1. The monoisotopic (exact) mass is 379 g/mol. The smallest absolute Gasteiger partial charge is 0.261 e. The van der Waals surface area contributed by atoms with Crippen LogP contribution in [0.5, 0.6) is 0 Å². The van der Waals surface area contributed by atoms with Gasteiger partial charge in [-0.05, 0) is 30.7 Å². The molecule has 5 rings (SSSR count). The van der Waals surface area contributed by atoms with Gasteiger partial charge >= 0.3 is 0 Å². The second-order valence-corrected chi connectivity index (χ2v) is 7.14. The van der Waals surface area contributed by atoms with Gasteiger partial charge in [-0.3, -0.25) is 14.5 Å². The summed E-state index contributed by atoms with van der Waals surface area (Å²) in [6.45, 7) is 0.359. The van der Waals surface area contributed by atoms with E-state index in [0.717, 1.165) is 5.01 Å². The van der Waals surface area contributed by atoms with E-state index in [1.54, 1.807) is 47.2 Å².